The van der Waals surface area contributed by atoms with Crippen LogP contribution in [-0.4, -0.2) is 17.5 Å². The highest BCUT2D eigenvalue weighted by Gasteiger charge is 2.10. The lowest BCUT2D eigenvalue weighted by molar-refractivity contribution is -0.115. The Labute approximate surface area is 202 Å². The molecule has 0 aliphatic rings. The van der Waals surface area contributed by atoms with Gasteiger partial charge in [0.2, 0.25) is 5.91 Å². The number of rotatable bonds is 9. The molecule has 0 bridgehead atoms. The van der Waals surface area contributed by atoms with Gasteiger partial charge in [0.25, 0.3) is 0 Å². The highest BCUT2D eigenvalue weighted by Crippen LogP contribution is 2.26. The first-order valence-corrected chi connectivity index (χ1v) is 11.7. The highest BCUT2D eigenvalue weighted by molar-refractivity contribution is 7.13. The standard InChI is InChI=1S/C27H23N3O3S/c1-2-32-24-11-9-21(10-12-24)27-30-23(18-34-27)15-26(31)29-22-7-4-8-25(14-22)33-17-20-6-3-5-19(13-20)16-28/h3-14,18H,2,15,17H2,1H3,(H,29,31). The first-order valence-electron chi connectivity index (χ1n) is 10.8. The van der Waals surface area contributed by atoms with Crippen molar-refractivity contribution in [3.63, 3.8) is 0 Å². The molecule has 0 aliphatic carbocycles. The van der Waals surface area contributed by atoms with E-state index < -0.39 is 0 Å². The molecule has 7 heteroatoms. The average molecular weight is 470 g/mol. The van der Waals surface area contributed by atoms with E-state index in [2.05, 4.69) is 16.4 Å². The molecule has 1 heterocycles. The van der Waals surface area contributed by atoms with Crippen molar-refractivity contribution >= 4 is 22.9 Å². The van der Waals surface area contributed by atoms with Crippen molar-refractivity contribution in [2.45, 2.75) is 20.0 Å². The van der Waals surface area contributed by atoms with Crippen LogP contribution in [0.2, 0.25) is 0 Å². The van der Waals surface area contributed by atoms with Gasteiger partial charge in [0.15, 0.2) is 0 Å². The van der Waals surface area contributed by atoms with Gasteiger partial charge in [0.05, 0.1) is 30.4 Å². The van der Waals surface area contributed by atoms with Crippen molar-refractivity contribution in [1.29, 1.82) is 5.26 Å². The third-order valence-corrected chi connectivity index (χ3v) is 5.83. The predicted molar refractivity (Wildman–Crippen MR) is 133 cm³/mol. The maximum Gasteiger partial charge on any atom is 0.230 e. The molecular weight excluding hydrogens is 446 g/mol. The zero-order valence-electron chi connectivity index (χ0n) is 18.7. The smallest absolute Gasteiger partial charge is 0.230 e. The minimum Gasteiger partial charge on any atom is -0.494 e. The van der Waals surface area contributed by atoms with Gasteiger partial charge in [-0.05, 0) is 61.0 Å². The Morgan fingerprint density at radius 1 is 1.03 bits per heavy atom. The van der Waals surface area contributed by atoms with Crippen LogP contribution >= 0.6 is 11.3 Å². The van der Waals surface area contributed by atoms with Crippen molar-refractivity contribution in [2.75, 3.05) is 11.9 Å². The van der Waals surface area contributed by atoms with Gasteiger partial charge in [-0.15, -0.1) is 11.3 Å². The van der Waals surface area contributed by atoms with E-state index in [-0.39, 0.29) is 12.3 Å². The minimum atomic E-state index is -0.151. The topological polar surface area (TPSA) is 84.2 Å². The molecule has 0 saturated heterocycles. The summed E-state index contributed by atoms with van der Waals surface area (Å²) >= 11 is 1.51. The second-order valence-corrected chi connectivity index (χ2v) is 8.31. The Balaban J connectivity index is 1.33. The molecule has 170 valence electrons. The summed E-state index contributed by atoms with van der Waals surface area (Å²) in [5, 5.41) is 14.7. The number of nitrogens with one attached hydrogen (secondary N) is 1. The largest absolute Gasteiger partial charge is 0.494 e. The predicted octanol–water partition coefficient (Wildman–Crippen LogP) is 5.84. The van der Waals surface area contributed by atoms with Gasteiger partial charge in [0, 0.05) is 22.7 Å². The molecule has 4 aromatic rings. The monoisotopic (exact) mass is 469 g/mol. The summed E-state index contributed by atoms with van der Waals surface area (Å²) in [5.74, 6) is 1.30. The van der Waals surface area contributed by atoms with Crippen LogP contribution in [0.15, 0.2) is 78.2 Å². The zero-order valence-corrected chi connectivity index (χ0v) is 19.5. The molecule has 3 aromatic carbocycles. The number of hydrogen-bond acceptors (Lipinski definition) is 6. The molecule has 1 aromatic heterocycles. The molecule has 0 fully saturated rings. The van der Waals surface area contributed by atoms with Crippen LogP contribution in [-0.2, 0) is 17.8 Å². The number of hydrogen-bond donors (Lipinski definition) is 1. The van der Waals surface area contributed by atoms with Gasteiger partial charge in [-0.25, -0.2) is 4.98 Å². The summed E-state index contributed by atoms with van der Waals surface area (Å²) in [6.45, 7) is 2.91. The number of aromatic nitrogens is 1. The maximum absolute atomic E-state index is 12.6. The van der Waals surface area contributed by atoms with Gasteiger partial charge < -0.3 is 14.8 Å². The Morgan fingerprint density at radius 3 is 2.65 bits per heavy atom. The van der Waals surface area contributed by atoms with Crippen molar-refractivity contribution in [2.24, 2.45) is 0 Å². The quantitative estimate of drug-likeness (QED) is 0.333. The van der Waals surface area contributed by atoms with E-state index in [1.165, 1.54) is 11.3 Å². The second kappa shape index (κ2) is 11.1. The SMILES string of the molecule is CCOc1ccc(-c2nc(CC(=O)Nc3cccc(OCc4cccc(C#N)c4)c3)cs2)cc1. The minimum absolute atomic E-state index is 0.151. The van der Waals surface area contributed by atoms with Crippen LogP contribution in [0.5, 0.6) is 11.5 Å². The lowest BCUT2D eigenvalue weighted by Crippen LogP contribution is -2.14. The summed E-state index contributed by atoms with van der Waals surface area (Å²) in [6.07, 6.45) is 0.180. The van der Waals surface area contributed by atoms with E-state index in [4.69, 9.17) is 14.7 Å². The molecule has 1 N–H and O–H groups in total. The first-order chi connectivity index (χ1) is 16.6. The lowest BCUT2D eigenvalue weighted by atomic mass is 10.1. The number of nitrogens with zero attached hydrogens (tertiary/aromatic N) is 2. The van der Waals surface area contributed by atoms with Crippen molar-refractivity contribution in [1.82, 2.24) is 4.98 Å². The molecule has 0 spiro atoms. The van der Waals surface area contributed by atoms with Crippen LogP contribution in [0, 0.1) is 11.3 Å². The van der Waals surface area contributed by atoms with Gasteiger partial charge in [-0.2, -0.15) is 5.26 Å². The van der Waals surface area contributed by atoms with E-state index in [0.29, 0.717) is 30.2 Å². The Bertz CT molecular complexity index is 1310. The third-order valence-electron chi connectivity index (χ3n) is 4.89. The first kappa shape index (κ1) is 23.0. The highest BCUT2D eigenvalue weighted by atomic mass is 32.1. The number of carbonyl (C=O) groups excluding carboxylic acids is 1. The van der Waals surface area contributed by atoms with Crippen molar-refractivity contribution in [3.8, 4) is 28.1 Å². The second-order valence-electron chi connectivity index (χ2n) is 7.46. The lowest BCUT2D eigenvalue weighted by Gasteiger charge is -2.09. The molecule has 0 unspecified atom stereocenters. The summed E-state index contributed by atoms with van der Waals surface area (Å²) in [6, 6.07) is 24.4. The summed E-state index contributed by atoms with van der Waals surface area (Å²) in [4.78, 5) is 17.2. The van der Waals surface area contributed by atoms with Gasteiger partial charge in [-0.3, -0.25) is 4.79 Å². The van der Waals surface area contributed by atoms with Crippen LogP contribution in [0.3, 0.4) is 0 Å². The summed E-state index contributed by atoms with van der Waals surface area (Å²) in [5.41, 5.74) is 3.85. The molecule has 6 nitrogen and oxygen atoms in total. The van der Waals surface area contributed by atoms with E-state index in [9.17, 15) is 4.79 Å². The number of ether oxygens (including phenoxy) is 2. The molecule has 34 heavy (non-hydrogen) atoms. The fourth-order valence-corrected chi connectivity index (χ4v) is 4.14. The van der Waals surface area contributed by atoms with Crippen LogP contribution in [0.4, 0.5) is 5.69 Å². The van der Waals surface area contributed by atoms with E-state index >= 15 is 0 Å². The van der Waals surface area contributed by atoms with Crippen LogP contribution in [0.1, 0.15) is 23.7 Å². The van der Waals surface area contributed by atoms with E-state index in [0.717, 1.165) is 27.6 Å². The summed E-state index contributed by atoms with van der Waals surface area (Å²) < 4.78 is 11.3. The zero-order chi connectivity index (χ0) is 23.8. The Hall–Kier alpha value is -4.15. The molecule has 0 atom stereocenters. The number of benzene rings is 3. The van der Waals surface area contributed by atoms with Crippen molar-refractivity contribution in [3.05, 3.63) is 95.0 Å². The molecule has 0 saturated carbocycles. The molecule has 1 amide bonds. The molecule has 0 radical (unpaired) electrons. The normalized spacial score (nSPS) is 10.4. The Kier molecular flexibility index (Phi) is 7.53. The van der Waals surface area contributed by atoms with Gasteiger partial charge in [-0.1, -0.05) is 18.2 Å². The van der Waals surface area contributed by atoms with Gasteiger partial charge in [0.1, 0.15) is 23.1 Å². The summed E-state index contributed by atoms with van der Waals surface area (Å²) in [7, 11) is 0. The fourth-order valence-electron chi connectivity index (χ4n) is 3.31. The molecular formula is C27H23N3O3S. The number of carbonyl (C=O) groups is 1. The van der Waals surface area contributed by atoms with Crippen molar-refractivity contribution < 1.29 is 14.3 Å². The van der Waals surface area contributed by atoms with E-state index in [1.54, 1.807) is 18.2 Å². The van der Waals surface area contributed by atoms with E-state index in [1.807, 2.05) is 66.9 Å². The van der Waals surface area contributed by atoms with Gasteiger partial charge >= 0.3 is 0 Å². The molecule has 4 rings (SSSR count). The number of thiazole rings is 1. The Morgan fingerprint density at radius 2 is 1.85 bits per heavy atom. The number of amides is 1. The maximum atomic E-state index is 12.6. The average Bonchev–Trinajstić information content (AvgIpc) is 3.32. The molecule has 0 aliphatic heterocycles. The number of anilines is 1. The van der Waals surface area contributed by atoms with Crippen LogP contribution in [0.25, 0.3) is 10.6 Å². The van der Waals surface area contributed by atoms with Crippen LogP contribution < -0.4 is 14.8 Å². The fraction of sp³-hybridized carbons (Fsp3) is 0.148. The third kappa shape index (κ3) is 6.21. The number of nitriles is 1.